The number of ether oxygens (including phenoxy) is 3. The first-order valence-electron chi connectivity index (χ1n) is 11.2. The molecule has 1 aliphatic heterocycles. The molecule has 7 nitrogen and oxygen atoms in total. The van der Waals surface area contributed by atoms with E-state index in [4.69, 9.17) is 14.2 Å². The van der Waals surface area contributed by atoms with Crippen LogP contribution in [0.4, 0.5) is 0 Å². The molecule has 7 heteroatoms. The molecule has 1 aromatic rings. The van der Waals surface area contributed by atoms with E-state index in [-0.39, 0.29) is 5.54 Å². The Morgan fingerprint density at radius 2 is 1.80 bits per heavy atom. The van der Waals surface area contributed by atoms with E-state index in [1.165, 1.54) is 37.7 Å². The number of benzene rings is 1. The van der Waals surface area contributed by atoms with Gasteiger partial charge in [-0.25, -0.2) is 0 Å². The molecule has 168 valence electrons. The smallest absolute Gasteiger partial charge is 0.191 e. The minimum atomic E-state index is 0.225. The molecule has 1 aromatic carbocycles. The number of aliphatic imine (C=N–C) groups is 1. The van der Waals surface area contributed by atoms with Crippen LogP contribution in [0.2, 0.25) is 0 Å². The fourth-order valence-electron chi connectivity index (χ4n) is 4.68. The monoisotopic (exact) mass is 418 g/mol. The van der Waals surface area contributed by atoms with Gasteiger partial charge in [-0.2, -0.15) is 0 Å². The zero-order valence-corrected chi connectivity index (χ0v) is 18.8. The van der Waals surface area contributed by atoms with Crippen LogP contribution in [0.3, 0.4) is 0 Å². The summed E-state index contributed by atoms with van der Waals surface area (Å²) < 4.78 is 16.3. The van der Waals surface area contributed by atoms with Crippen LogP contribution in [-0.2, 0) is 11.2 Å². The third kappa shape index (κ3) is 5.79. The van der Waals surface area contributed by atoms with E-state index >= 15 is 0 Å². The Bertz CT molecular complexity index is 683. The fraction of sp³-hybridized carbons (Fsp3) is 0.696. The summed E-state index contributed by atoms with van der Waals surface area (Å²) in [6.45, 7) is 5.50. The summed E-state index contributed by atoms with van der Waals surface area (Å²) in [5, 5.41) is 7.08. The minimum Gasteiger partial charge on any atom is -0.493 e. The maximum atomic E-state index is 5.59. The Morgan fingerprint density at radius 3 is 2.47 bits per heavy atom. The van der Waals surface area contributed by atoms with Crippen LogP contribution in [0.25, 0.3) is 0 Å². The average molecular weight is 419 g/mol. The van der Waals surface area contributed by atoms with Gasteiger partial charge >= 0.3 is 0 Å². The second-order valence-corrected chi connectivity index (χ2v) is 8.18. The van der Waals surface area contributed by atoms with Gasteiger partial charge in [0.15, 0.2) is 17.5 Å². The Morgan fingerprint density at radius 1 is 1.07 bits per heavy atom. The van der Waals surface area contributed by atoms with E-state index in [0.717, 1.165) is 63.3 Å². The Hall–Kier alpha value is -1.99. The summed E-state index contributed by atoms with van der Waals surface area (Å²) in [6.07, 6.45) is 7.36. The first-order chi connectivity index (χ1) is 14.7. The molecule has 30 heavy (non-hydrogen) atoms. The standard InChI is InChI=1S/C23H38N4O3/c1-24-22(25-12-9-19-7-8-20(28-2)21(17-19)29-3)26-18-23(10-5-4-6-11-23)27-13-15-30-16-14-27/h7-8,17H,4-6,9-16,18H2,1-3H3,(H2,24,25,26). The molecule has 2 aliphatic rings. The van der Waals surface area contributed by atoms with Crippen molar-refractivity contribution in [1.29, 1.82) is 0 Å². The molecule has 1 aliphatic carbocycles. The highest BCUT2D eigenvalue weighted by Gasteiger charge is 2.38. The lowest BCUT2D eigenvalue weighted by atomic mass is 9.80. The first-order valence-corrected chi connectivity index (χ1v) is 11.2. The molecule has 3 rings (SSSR count). The molecule has 2 N–H and O–H groups in total. The van der Waals surface area contributed by atoms with Gasteiger partial charge in [-0.05, 0) is 37.0 Å². The lowest BCUT2D eigenvalue weighted by molar-refractivity contribution is -0.0352. The summed E-state index contributed by atoms with van der Waals surface area (Å²) in [4.78, 5) is 7.10. The van der Waals surface area contributed by atoms with Crippen LogP contribution in [0.5, 0.6) is 11.5 Å². The summed E-state index contributed by atoms with van der Waals surface area (Å²) in [6, 6.07) is 6.07. The Balaban J connectivity index is 1.52. The van der Waals surface area contributed by atoms with Crippen LogP contribution in [0.1, 0.15) is 37.7 Å². The van der Waals surface area contributed by atoms with Gasteiger partial charge in [0.2, 0.25) is 0 Å². The maximum Gasteiger partial charge on any atom is 0.191 e. The highest BCUT2D eigenvalue weighted by atomic mass is 16.5. The molecule has 0 amide bonds. The molecule has 1 heterocycles. The van der Waals surface area contributed by atoms with Gasteiger partial charge in [-0.3, -0.25) is 9.89 Å². The van der Waals surface area contributed by atoms with Gasteiger partial charge in [-0.15, -0.1) is 0 Å². The fourth-order valence-corrected chi connectivity index (χ4v) is 4.68. The van der Waals surface area contributed by atoms with Gasteiger partial charge < -0.3 is 24.8 Å². The van der Waals surface area contributed by atoms with Crippen molar-refractivity contribution in [3.8, 4) is 11.5 Å². The normalized spacial score (nSPS) is 19.9. The summed E-state index contributed by atoms with van der Waals surface area (Å²) in [7, 11) is 5.17. The Kier molecular flexibility index (Phi) is 8.63. The largest absolute Gasteiger partial charge is 0.493 e. The number of hydrogen-bond acceptors (Lipinski definition) is 5. The number of hydrogen-bond donors (Lipinski definition) is 2. The topological polar surface area (TPSA) is 67.4 Å². The zero-order valence-electron chi connectivity index (χ0n) is 18.8. The molecule has 0 bridgehead atoms. The molecule has 0 spiro atoms. The summed E-state index contributed by atoms with van der Waals surface area (Å²) in [5.74, 6) is 2.39. The second kappa shape index (κ2) is 11.4. The van der Waals surface area contributed by atoms with E-state index in [9.17, 15) is 0 Å². The van der Waals surface area contributed by atoms with Gasteiger partial charge in [0, 0.05) is 38.8 Å². The molecule has 0 unspecified atom stereocenters. The second-order valence-electron chi connectivity index (χ2n) is 8.18. The Labute approximate surface area is 181 Å². The molecular formula is C23H38N4O3. The van der Waals surface area contributed by atoms with Gasteiger partial charge in [0.05, 0.1) is 27.4 Å². The molecule has 0 atom stereocenters. The number of methoxy groups -OCH3 is 2. The third-order valence-corrected chi connectivity index (χ3v) is 6.43. The quantitative estimate of drug-likeness (QED) is 0.499. The molecular weight excluding hydrogens is 380 g/mol. The number of nitrogens with one attached hydrogen (secondary N) is 2. The lowest BCUT2D eigenvalue weighted by Gasteiger charge is -2.48. The lowest BCUT2D eigenvalue weighted by Crippen LogP contribution is -2.60. The van der Waals surface area contributed by atoms with Crippen LogP contribution in [0, 0.1) is 0 Å². The molecule has 0 radical (unpaired) electrons. The zero-order chi connectivity index (χ0) is 21.2. The number of guanidine groups is 1. The predicted molar refractivity (Wildman–Crippen MR) is 121 cm³/mol. The van der Waals surface area contributed by atoms with Gasteiger partial charge in [-0.1, -0.05) is 25.3 Å². The predicted octanol–water partition coefficient (Wildman–Crippen LogP) is 2.45. The molecule has 2 fully saturated rings. The van der Waals surface area contributed by atoms with Gasteiger partial charge in [0.1, 0.15) is 0 Å². The summed E-state index contributed by atoms with van der Waals surface area (Å²) in [5.41, 5.74) is 1.43. The summed E-state index contributed by atoms with van der Waals surface area (Å²) >= 11 is 0. The van der Waals surface area contributed by atoms with Crippen molar-refractivity contribution in [3.05, 3.63) is 23.8 Å². The van der Waals surface area contributed by atoms with E-state index in [1.807, 2.05) is 19.2 Å². The van der Waals surface area contributed by atoms with Crippen molar-refractivity contribution in [3.63, 3.8) is 0 Å². The van der Waals surface area contributed by atoms with Crippen LogP contribution >= 0.6 is 0 Å². The van der Waals surface area contributed by atoms with Crippen molar-refractivity contribution < 1.29 is 14.2 Å². The first kappa shape index (κ1) is 22.7. The van der Waals surface area contributed by atoms with E-state index in [2.05, 4.69) is 26.6 Å². The number of rotatable bonds is 8. The van der Waals surface area contributed by atoms with E-state index < -0.39 is 0 Å². The van der Waals surface area contributed by atoms with E-state index in [1.54, 1.807) is 14.2 Å². The van der Waals surface area contributed by atoms with Crippen molar-refractivity contribution in [2.45, 2.75) is 44.1 Å². The highest BCUT2D eigenvalue weighted by Crippen LogP contribution is 2.34. The van der Waals surface area contributed by atoms with Crippen molar-refractivity contribution in [2.24, 2.45) is 4.99 Å². The van der Waals surface area contributed by atoms with Crippen molar-refractivity contribution in [1.82, 2.24) is 15.5 Å². The number of nitrogens with zero attached hydrogens (tertiary/aromatic N) is 2. The number of morpholine rings is 1. The minimum absolute atomic E-state index is 0.225. The average Bonchev–Trinajstić information content (AvgIpc) is 2.82. The molecule has 1 saturated heterocycles. The molecule has 1 saturated carbocycles. The van der Waals surface area contributed by atoms with Gasteiger partial charge in [0.25, 0.3) is 0 Å². The van der Waals surface area contributed by atoms with Crippen molar-refractivity contribution in [2.75, 3.05) is 60.7 Å². The van der Waals surface area contributed by atoms with Crippen LogP contribution in [0.15, 0.2) is 23.2 Å². The van der Waals surface area contributed by atoms with Crippen molar-refractivity contribution >= 4 is 5.96 Å². The maximum absolute atomic E-state index is 5.59. The van der Waals surface area contributed by atoms with Crippen LogP contribution in [-0.4, -0.2) is 77.1 Å². The highest BCUT2D eigenvalue weighted by molar-refractivity contribution is 5.79. The molecule has 0 aromatic heterocycles. The van der Waals surface area contributed by atoms with Crippen LogP contribution < -0.4 is 20.1 Å². The van der Waals surface area contributed by atoms with E-state index in [0.29, 0.717) is 0 Å². The SMILES string of the molecule is CN=C(NCCc1ccc(OC)c(OC)c1)NCC1(N2CCOCC2)CCCCC1. The third-order valence-electron chi connectivity index (χ3n) is 6.43.